The second-order valence-electron chi connectivity index (χ2n) is 3.69. The van der Waals surface area contributed by atoms with Gasteiger partial charge in [-0.15, -0.1) is 0 Å². The molecule has 0 aromatic heterocycles. The van der Waals surface area contributed by atoms with Crippen LogP contribution in [0.4, 0.5) is 4.39 Å². The maximum Gasteiger partial charge on any atom is 0.127 e. The summed E-state index contributed by atoms with van der Waals surface area (Å²) in [6, 6.07) is 5.28. The molecule has 1 fully saturated rings. The fourth-order valence-electron chi connectivity index (χ4n) is 1.64. The molecule has 14 heavy (non-hydrogen) atoms. The summed E-state index contributed by atoms with van der Waals surface area (Å²) >= 11 is 3.33. The minimum atomic E-state index is -0.145. The summed E-state index contributed by atoms with van der Waals surface area (Å²) in [7, 11) is 0. The molecule has 0 bridgehead atoms. The van der Waals surface area contributed by atoms with E-state index in [1.165, 1.54) is 6.07 Å². The smallest absolute Gasteiger partial charge is 0.127 e. The quantitative estimate of drug-likeness (QED) is 0.876. The Morgan fingerprint density at radius 2 is 2.21 bits per heavy atom. The molecule has 1 saturated heterocycles. The van der Waals surface area contributed by atoms with Crippen LogP contribution in [-0.2, 0) is 6.54 Å². The Morgan fingerprint density at radius 3 is 2.86 bits per heavy atom. The Labute approximate surface area is 91.0 Å². The third-order valence-corrected chi connectivity index (χ3v) is 2.88. The topological polar surface area (TPSA) is 29.3 Å². The van der Waals surface area contributed by atoms with E-state index >= 15 is 0 Å². The average molecular weight is 259 g/mol. The van der Waals surface area contributed by atoms with Gasteiger partial charge in [-0.1, -0.05) is 15.9 Å². The number of benzene rings is 1. The molecule has 0 saturated carbocycles. The predicted molar refractivity (Wildman–Crippen MR) is 57.4 cm³/mol. The number of nitrogens with zero attached hydrogens (tertiary/aromatic N) is 1. The SMILES string of the molecule is NC1CN(Cc2cc(Br)ccc2F)C1. The molecule has 1 aliphatic heterocycles. The van der Waals surface area contributed by atoms with E-state index in [0.29, 0.717) is 6.54 Å². The van der Waals surface area contributed by atoms with Crippen LogP contribution in [0.3, 0.4) is 0 Å². The van der Waals surface area contributed by atoms with E-state index in [1.54, 1.807) is 6.07 Å². The fourth-order valence-corrected chi connectivity index (χ4v) is 2.05. The highest BCUT2D eigenvalue weighted by molar-refractivity contribution is 9.10. The largest absolute Gasteiger partial charge is 0.325 e. The van der Waals surface area contributed by atoms with Crippen molar-refractivity contribution in [1.29, 1.82) is 0 Å². The molecule has 0 radical (unpaired) electrons. The van der Waals surface area contributed by atoms with Gasteiger partial charge in [-0.25, -0.2) is 4.39 Å². The van der Waals surface area contributed by atoms with Crippen molar-refractivity contribution in [3.63, 3.8) is 0 Å². The highest BCUT2D eigenvalue weighted by atomic mass is 79.9. The van der Waals surface area contributed by atoms with Crippen molar-refractivity contribution >= 4 is 15.9 Å². The molecular weight excluding hydrogens is 247 g/mol. The third kappa shape index (κ3) is 2.13. The molecule has 1 aromatic carbocycles. The normalized spacial score (nSPS) is 18.2. The predicted octanol–water partition coefficient (Wildman–Crippen LogP) is 1.73. The fraction of sp³-hybridized carbons (Fsp3) is 0.400. The first-order valence-electron chi connectivity index (χ1n) is 4.57. The maximum absolute atomic E-state index is 13.3. The molecule has 0 atom stereocenters. The second-order valence-corrected chi connectivity index (χ2v) is 4.61. The van der Waals surface area contributed by atoms with E-state index in [2.05, 4.69) is 20.8 Å². The summed E-state index contributed by atoms with van der Waals surface area (Å²) in [5, 5.41) is 0. The van der Waals surface area contributed by atoms with Gasteiger partial charge in [-0.05, 0) is 18.2 Å². The lowest BCUT2D eigenvalue weighted by Crippen LogP contribution is -2.54. The summed E-state index contributed by atoms with van der Waals surface area (Å²) < 4.78 is 14.2. The van der Waals surface area contributed by atoms with Crippen LogP contribution in [0.25, 0.3) is 0 Å². The summed E-state index contributed by atoms with van der Waals surface area (Å²) in [5.41, 5.74) is 6.37. The molecule has 2 N–H and O–H groups in total. The van der Waals surface area contributed by atoms with E-state index in [-0.39, 0.29) is 11.9 Å². The Balaban J connectivity index is 2.05. The number of hydrogen-bond acceptors (Lipinski definition) is 2. The summed E-state index contributed by atoms with van der Waals surface area (Å²) in [6.45, 7) is 2.39. The van der Waals surface area contributed by atoms with Gasteiger partial charge in [-0.3, -0.25) is 4.90 Å². The zero-order valence-electron chi connectivity index (χ0n) is 7.71. The highest BCUT2D eigenvalue weighted by Gasteiger charge is 2.23. The van der Waals surface area contributed by atoms with Crippen LogP contribution in [0, 0.1) is 5.82 Å². The average Bonchev–Trinajstić information content (AvgIpc) is 2.09. The molecule has 0 aliphatic carbocycles. The molecule has 0 spiro atoms. The van der Waals surface area contributed by atoms with Gasteiger partial charge in [0.25, 0.3) is 0 Å². The molecule has 0 unspecified atom stereocenters. The van der Waals surface area contributed by atoms with E-state index < -0.39 is 0 Å². The van der Waals surface area contributed by atoms with Gasteiger partial charge in [0.2, 0.25) is 0 Å². The monoisotopic (exact) mass is 258 g/mol. The summed E-state index contributed by atoms with van der Waals surface area (Å²) in [4.78, 5) is 2.13. The molecule has 2 nitrogen and oxygen atoms in total. The van der Waals surface area contributed by atoms with Crippen LogP contribution >= 0.6 is 15.9 Å². The Kier molecular flexibility index (Phi) is 2.85. The molecular formula is C10H12BrFN2. The van der Waals surface area contributed by atoms with Gasteiger partial charge < -0.3 is 5.73 Å². The van der Waals surface area contributed by atoms with E-state index in [0.717, 1.165) is 23.1 Å². The lowest BCUT2D eigenvalue weighted by Gasteiger charge is -2.36. The third-order valence-electron chi connectivity index (χ3n) is 2.39. The number of rotatable bonds is 2. The first kappa shape index (κ1) is 10.1. The van der Waals surface area contributed by atoms with E-state index in [9.17, 15) is 4.39 Å². The van der Waals surface area contributed by atoms with Crippen molar-refractivity contribution in [2.24, 2.45) is 5.73 Å². The molecule has 0 amide bonds. The van der Waals surface area contributed by atoms with Crippen LogP contribution in [-0.4, -0.2) is 24.0 Å². The molecule has 1 aliphatic rings. The zero-order chi connectivity index (χ0) is 10.1. The van der Waals surface area contributed by atoms with Gasteiger partial charge in [0.05, 0.1) is 0 Å². The number of likely N-dealkylation sites (tertiary alicyclic amines) is 1. The first-order chi connectivity index (χ1) is 6.65. The standard InChI is InChI=1S/C10H12BrFN2/c11-8-1-2-10(12)7(3-8)4-14-5-9(13)6-14/h1-3,9H,4-6,13H2. The number of hydrogen-bond donors (Lipinski definition) is 1. The van der Waals surface area contributed by atoms with Crippen LogP contribution in [0.15, 0.2) is 22.7 Å². The van der Waals surface area contributed by atoms with Gasteiger partial charge in [0, 0.05) is 35.7 Å². The molecule has 2 rings (SSSR count). The summed E-state index contributed by atoms with van der Waals surface area (Å²) in [6.07, 6.45) is 0. The van der Waals surface area contributed by atoms with Crippen LogP contribution in [0.2, 0.25) is 0 Å². The molecule has 1 heterocycles. The first-order valence-corrected chi connectivity index (χ1v) is 5.36. The lowest BCUT2D eigenvalue weighted by atomic mass is 10.1. The Morgan fingerprint density at radius 1 is 1.50 bits per heavy atom. The van der Waals surface area contributed by atoms with E-state index in [4.69, 9.17) is 5.73 Å². The van der Waals surface area contributed by atoms with Crippen molar-refractivity contribution in [2.45, 2.75) is 12.6 Å². The van der Waals surface area contributed by atoms with Crippen molar-refractivity contribution in [3.8, 4) is 0 Å². The van der Waals surface area contributed by atoms with Gasteiger partial charge in [0.15, 0.2) is 0 Å². The summed E-state index contributed by atoms with van der Waals surface area (Å²) in [5.74, 6) is -0.145. The molecule has 1 aromatic rings. The van der Waals surface area contributed by atoms with Crippen molar-refractivity contribution in [1.82, 2.24) is 4.90 Å². The molecule has 76 valence electrons. The van der Waals surface area contributed by atoms with E-state index in [1.807, 2.05) is 6.07 Å². The second kappa shape index (κ2) is 3.96. The number of halogens is 2. The Hall–Kier alpha value is -0.450. The Bertz CT molecular complexity index is 337. The van der Waals surface area contributed by atoms with Gasteiger partial charge >= 0.3 is 0 Å². The van der Waals surface area contributed by atoms with Crippen molar-refractivity contribution in [3.05, 3.63) is 34.1 Å². The minimum absolute atomic E-state index is 0.145. The maximum atomic E-state index is 13.3. The van der Waals surface area contributed by atoms with Gasteiger partial charge in [0.1, 0.15) is 5.82 Å². The van der Waals surface area contributed by atoms with Gasteiger partial charge in [-0.2, -0.15) is 0 Å². The van der Waals surface area contributed by atoms with Crippen molar-refractivity contribution in [2.75, 3.05) is 13.1 Å². The highest BCUT2D eigenvalue weighted by Crippen LogP contribution is 2.19. The number of nitrogens with two attached hydrogens (primary N) is 1. The minimum Gasteiger partial charge on any atom is -0.325 e. The lowest BCUT2D eigenvalue weighted by molar-refractivity contribution is 0.140. The van der Waals surface area contributed by atoms with Crippen LogP contribution in [0.5, 0.6) is 0 Å². The van der Waals surface area contributed by atoms with Crippen LogP contribution < -0.4 is 5.73 Å². The van der Waals surface area contributed by atoms with Crippen molar-refractivity contribution < 1.29 is 4.39 Å². The zero-order valence-corrected chi connectivity index (χ0v) is 9.30. The molecule has 4 heteroatoms. The van der Waals surface area contributed by atoms with Crippen LogP contribution in [0.1, 0.15) is 5.56 Å².